The van der Waals surface area contributed by atoms with Crippen LogP contribution in [0.4, 0.5) is 0 Å². The maximum Gasteiger partial charge on any atom is 0.00737 e. The fraction of sp³-hybridized carbons (Fsp3) is 0.231. The van der Waals surface area contributed by atoms with E-state index in [2.05, 4.69) is 37.8 Å². The average Bonchev–Trinajstić information content (AvgIpc) is 2.06. The second-order valence-electron chi connectivity index (χ2n) is 4.06. The molecule has 4 bridgehead atoms. The summed E-state index contributed by atoms with van der Waals surface area (Å²) < 4.78 is 0. The maximum atomic E-state index is 4.13. The number of hydrogen-bond donors (Lipinski definition) is 0. The molecule has 1 atom stereocenters. The Morgan fingerprint density at radius 3 is 3.00 bits per heavy atom. The molecule has 0 saturated carbocycles. The molecule has 0 radical (unpaired) electrons. The van der Waals surface area contributed by atoms with Crippen LogP contribution in [0.1, 0.15) is 13.3 Å². The summed E-state index contributed by atoms with van der Waals surface area (Å²) in [6.45, 7) is 6.28. The molecule has 5 rings (SSSR count). The van der Waals surface area contributed by atoms with Gasteiger partial charge >= 0.3 is 0 Å². The van der Waals surface area contributed by atoms with Crippen LogP contribution < -0.4 is 0 Å². The number of rotatable bonds is 0. The zero-order chi connectivity index (χ0) is 9.00. The van der Waals surface area contributed by atoms with Crippen LogP contribution >= 0.6 is 0 Å². The van der Waals surface area contributed by atoms with Crippen LogP contribution in [0.25, 0.3) is 0 Å². The van der Waals surface area contributed by atoms with Gasteiger partial charge in [0.2, 0.25) is 0 Å². The highest BCUT2D eigenvalue weighted by Crippen LogP contribution is 2.46. The molecule has 5 aliphatic carbocycles. The lowest BCUT2D eigenvalue weighted by atomic mass is 9.68. The minimum absolute atomic E-state index is 0.691. The van der Waals surface area contributed by atoms with Gasteiger partial charge in [-0.2, -0.15) is 0 Å². The third-order valence-electron chi connectivity index (χ3n) is 3.21. The van der Waals surface area contributed by atoms with E-state index in [9.17, 15) is 0 Å². The zero-order valence-electron chi connectivity index (χ0n) is 7.80. The van der Waals surface area contributed by atoms with Crippen molar-refractivity contribution in [1.29, 1.82) is 0 Å². The predicted octanol–water partition coefficient (Wildman–Crippen LogP) is 3.32. The fourth-order valence-electron chi connectivity index (χ4n) is 2.35. The van der Waals surface area contributed by atoms with Crippen molar-refractivity contribution < 1.29 is 0 Å². The molecular weight excluding hydrogens is 156 g/mol. The van der Waals surface area contributed by atoms with Crippen molar-refractivity contribution in [2.75, 3.05) is 0 Å². The van der Waals surface area contributed by atoms with Crippen molar-refractivity contribution in [3.63, 3.8) is 0 Å². The quantitative estimate of drug-likeness (QED) is 0.520. The maximum absolute atomic E-state index is 4.13. The number of allylic oxidation sites excluding steroid dienone is 9. The Morgan fingerprint density at radius 2 is 2.23 bits per heavy atom. The Labute approximate surface area is 78.7 Å². The standard InChI is InChI=1S/C13H12/c1-8-5-10-3-4-12-11(6-10)7-13(12)9(8)2/h3-5,7,11H,2,6H2,1H3. The Bertz CT molecular complexity index is 425. The summed E-state index contributed by atoms with van der Waals surface area (Å²) in [4.78, 5) is 0. The van der Waals surface area contributed by atoms with E-state index in [0.29, 0.717) is 5.92 Å². The molecule has 0 heteroatoms. The van der Waals surface area contributed by atoms with Gasteiger partial charge in [0.25, 0.3) is 0 Å². The van der Waals surface area contributed by atoms with Crippen LogP contribution in [0.2, 0.25) is 0 Å². The molecule has 0 aromatic rings. The Balaban J connectivity index is 2.25. The van der Waals surface area contributed by atoms with Gasteiger partial charge in [0.15, 0.2) is 0 Å². The lowest BCUT2D eigenvalue weighted by molar-refractivity contribution is 0.697. The summed E-state index contributed by atoms with van der Waals surface area (Å²) in [6.07, 6.45) is 10.3. The summed E-state index contributed by atoms with van der Waals surface area (Å²) in [5.74, 6) is 0.691. The SMILES string of the molecule is C=C1C(C)=CC2=CC=C3C1=CC3C2. The molecule has 0 saturated heterocycles. The number of hydrogen-bond acceptors (Lipinski definition) is 0. The molecule has 0 N–H and O–H groups in total. The molecule has 0 amide bonds. The van der Waals surface area contributed by atoms with Crippen LogP contribution in [-0.4, -0.2) is 0 Å². The Kier molecular flexibility index (Phi) is 1.17. The molecule has 0 spiro atoms. The summed E-state index contributed by atoms with van der Waals surface area (Å²) in [5.41, 5.74) is 6.87. The second-order valence-corrected chi connectivity index (χ2v) is 4.06. The third kappa shape index (κ3) is 0.806. The third-order valence-corrected chi connectivity index (χ3v) is 3.21. The summed E-state index contributed by atoms with van der Waals surface area (Å²) in [7, 11) is 0. The molecule has 13 heavy (non-hydrogen) atoms. The van der Waals surface area contributed by atoms with Crippen molar-refractivity contribution in [3.05, 3.63) is 58.7 Å². The normalized spacial score (nSPS) is 29.3. The predicted molar refractivity (Wildman–Crippen MR) is 55.3 cm³/mol. The van der Waals surface area contributed by atoms with Gasteiger partial charge in [-0.3, -0.25) is 0 Å². The minimum atomic E-state index is 0.691. The lowest BCUT2D eigenvalue weighted by Gasteiger charge is -2.36. The smallest absolute Gasteiger partial charge is 0.00737 e. The van der Waals surface area contributed by atoms with E-state index < -0.39 is 0 Å². The largest absolute Gasteiger partial charge is 0.0909 e. The van der Waals surface area contributed by atoms with Crippen molar-refractivity contribution >= 4 is 0 Å². The highest BCUT2D eigenvalue weighted by molar-refractivity contribution is 5.67. The molecule has 0 fully saturated rings. The van der Waals surface area contributed by atoms with E-state index in [1.807, 2.05) is 0 Å². The minimum Gasteiger partial charge on any atom is -0.0909 e. The van der Waals surface area contributed by atoms with E-state index in [4.69, 9.17) is 0 Å². The van der Waals surface area contributed by atoms with Crippen LogP contribution in [0.3, 0.4) is 0 Å². The van der Waals surface area contributed by atoms with E-state index in [-0.39, 0.29) is 0 Å². The highest BCUT2D eigenvalue weighted by Gasteiger charge is 2.31. The molecule has 0 aromatic carbocycles. The lowest BCUT2D eigenvalue weighted by Crippen LogP contribution is -2.21. The van der Waals surface area contributed by atoms with Gasteiger partial charge in [0.1, 0.15) is 0 Å². The summed E-state index contributed by atoms with van der Waals surface area (Å²) >= 11 is 0. The van der Waals surface area contributed by atoms with Crippen molar-refractivity contribution in [2.45, 2.75) is 13.3 Å². The van der Waals surface area contributed by atoms with Gasteiger partial charge in [-0.15, -0.1) is 0 Å². The monoisotopic (exact) mass is 168 g/mol. The topological polar surface area (TPSA) is 0 Å². The molecule has 1 unspecified atom stereocenters. The van der Waals surface area contributed by atoms with E-state index in [1.54, 1.807) is 0 Å². The highest BCUT2D eigenvalue weighted by atomic mass is 14.3. The van der Waals surface area contributed by atoms with Crippen molar-refractivity contribution in [1.82, 2.24) is 0 Å². The van der Waals surface area contributed by atoms with E-state index >= 15 is 0 Å². The van der Waals surface area contributed by atoms with Gasteiger partial charge in [-0.25, -0.2) is 0 Å². The van der Waals surface area contributed by atoms with Crippen molar-refractivity contribution in [2.24, 2.45) is 5.92 Å². The first-order valence-corrected chi connectivity index (χ1v) is 4.76. The molecule has 0 aromatic heterocycles. The van der Waals surface area contributed by atoms with Crippen LogP contribution in [0, 0.1) is 5.92 Å². The first-order chi connectivity index (χ1) is 6.25. The van der Waals surface area contributed by atoms with Crippen LogP contribution in [0.15, 0.2) is 58.7 Å². The van der Waals surface area contributed by atoms with Gasteiger partial charge < -0.3 is 0 Å². The van der Waals surface area contributed by atoms with Crippen molar-refractivity contribution in [3.8, 4) is 0 Å². The molecule has 0 nitrogen and oxygen atoms in total. The van der Waals surface area contributed by atoms with Gasteiger partial charge in [-0.1, -0.05) is 30.9 Å². The average molecular weight is 168 g/mol. The second kappa shape index (κ2) is 2.14. The number of fused-ring (bicyclic) bond motifs is 1. The summed E-state index contributed by atoms with van der Waals surface area (Å²) in [5, 5.41) is 0. The van der Waals surface area contributed by atoms with E-state index in [1.165, 1.54) is 34.3 Å². The summed E-state index contributed by atoms with van der Waals surface area (Å²) in [6, 6.07) is 0. The Morgan fingerprint density at radius 1 is 1.38 bits per heavy atom. The molecule has 0 heterocycles. The van der Waals surface area contributed by atoms with E-state index in [0.717, 1.165) is 0 Å². The molecule has 5 aliphatic rings. The molecule has 64 valence electrons. The molecule has 0 aliphatic heterocycles. The first kappa shape index (κ1) is 7.14. The zero-order valence-corrected chi connectivity index (χ0v) is 7.80. The van der Waals surface area contributed by atoms with Gasteiger partial charge in [0, 0.05) is 5.92 Å². The van der Waals surface area contributed by atoms with Gasteiger partial charge in [0.05, 0.1) is 0 Å². The Hall–Kier alpha value is -1.30. The van der Waals surface area contributed by atoms with Gasteiger partial charge in [-0.05, 0) is 41.2 Å². The van der Waals surface area contributed by atoms with Crippen LogP contribution in [-0.2, 0) is 0 Å². The van der Waals surface area contributed by atoms with Crippen LogP contribution in [0.5, 0.6) is 0 Å². The molecular formula is C13H12. The fourth-order valence-corrected chi connectivity index (χ4v) is 2.35. The first-order valence-electron chi connectivity index (χ1n) is 4.76.